The summed E-state index contributed by atoms with van der Waals surface area (Å²) in [6.45, 7) is 0. The van der Waals surface area contributed by atoms with E-state index in [1.165, 1.54) is 0 Å². The van der Waals surface area contributed by atoms with Gasteiger partial charge in [0, 0.05) is 42.1 Å². The summed E-state index contributed by atoms with van der Waals surface area (Å²) in [5.74, 6) is 0. The fourth-order valence-electron chi connectivity index (χ4n) is 0. The molecule has 0 bridgehead atoms. The second kappa shape index (κ2) is 25.2. The monoisotopic (exact) mass is 300 g/mol. The first-order valence-electron chi connectivity index (χ1n) is 0.167. The molecule has 28 valence electrons. The largest absolute Gasteiger partial charge is 1.00 e. The third kappa shape index (κ3) is 18.3. The maximum atomic E-state index is 3.67. The minimum atomic E-state index is 0. The van der Waals surface area contributed by atoms with Gasteiger partial charge in [-0.25, -0.2) is 0 Å². The normalized spacial score (nSPS) is 1.20. The summed E-state index contributed by atoms with van der Waals surface area (Å²) in [5, 5.41) is 0. The van der Waals surface area contributed by atoms with Crippen molar-refractivity contribution in [1.82, 2.24) is 0 Å². The molecule has 0 heterocycles. The molecule has 0 rings (SSSR count). The molecule has 0 aromatic carbocycles. The van der Waals surface area contributed by atoms with E-state index in [4.69, 9.17) is 0 Å². The van der Waals surface area contributed by atoms with Crippen LogP contribution in [0.4, 0.5) is 0 Å². The first kappa shape index (κ1) is 23.3. The molecule has 0 aliphatic rings. The third-order valence-corrected chi connectivity index (χ3v) is 0. The minimum Gasteiger partial charge on any atom is -1.00 e. The topological polar surface area (TPSA) is 0 Å². The number of hydrogen-bond acceptors (Lipinski definition) is 2. The van der Waals surface area contributed by atoms with Crippen molar-refractivity contribution in [2.45, 2.75) is 0 Å². The van der Waals surface area contributed by atoms with Crippen LogP contribution in [0.1, 0.15) is 1.43 Å². The van der Waals surface area contributed by atoms with E-state index in [0.717, 1.165) is 0 Å². The molecule has 0 aromatic heterocycles. The maximum absolute atomic E-state index is 3.67. The third-order valence-electron chi connectivity index (χ3n) is 0. The van der Waals surface area contributed by atoms with Crippen LogP contribution < -0.4 is 51.4 Å². The molecule has 0 aliphatic heterocycles. The van der Waals surface area contributed by atoms with Crippen molar-refractivity contribution in [3.05, 3.63) is 0 Å². The smallest absolute Gasteiger partial charge is 1.00 e. The zero-order chi connectivity index (χ0) is 2.00. The van der Waals surface area contributed by atoms with Crippen LogP contribution in [0.25, 0.3) is 0 Å². The Labute approximate surface area is 115 Å². The van der Waals surface area contributed by atoms with E-state index in [1.54, 1.807) is 0 Å². The van der Waals surface area contributed by atoms with Crippen molar-refractivity contribution in [2.75, 3.05) is 0 Å². The Morgan fingerprint density at radius 3 is 1.00 bits per heavy atom. The molecule has 0 aliphatic carbocycles. The van der Waals surface area contributed by atoms with Gasteiger partial charge in [-0.1, -0.05) is 0 Å². The van der Waals surface area contributed by atoms with Gasteiger partial charge in [-0.05, 0) is 0 Å². The summed E-state index contributed by atoms with van der Waals surface area (Å²) in [6, 6.07) is 0. The summed E-state index contributed by atoms with van der Waals surface area (Å²) in [6.07, 6.45) is 0. The summed E-state index contributed by atoms with van der Waals surface area (Å²) in [4.78, 5) is 0. The van der Waals surface area contributed by atoms with E-state index >= 15 is 0 Å². The van der Waals surface area contributed by atoms with Crippen molar-refractivity contribution in [3.63, 3.8) is 0 Å². The molecule has 5 heteroatoms. The number of rotatable bonds is 0. The molecule has 0 nitrogen and oxygen atoms in total. The van der Waals surface area contributed by atoms with Gasteiger partial charge in [0.15, 0.2) is 0 Å². The second-order valence-electron chi connectivity index (χ2n) is 0. The van der Waals surface area contributed by atoms with Crippen molar-refractivity contribution in [2.24, 2.45) is 0 Å². The molecule has 0 unspecified atom stereocenters. The van der Waals surface area contributed by atoms with Gasteiger partial charge in [0.25, 0.3) is 0 Å². The van der Waals surface area contributed by atoms with Crippen molar-refractivity contribution >= 4 is 23.3 Å². The van der Waals surface area contributed by atoms with E-state index in [0.29, 0.717) is 0 Å². The van der Waals surface area contributed by atoms with Crippen molar-refractivity contribution in [3.8, 4) is 0 Å². The van der Waals surface area contributed by atoms with Gasteiger partial charge < -0.3 is 24.7 Å². The summed E-state index contributed by atoms with van der Waals surface area (Å²) in [7, 11) is 0. The fraction of sp³-hybridized carbons (Fsp3) is 0. The zero-order valence-corrected chi connectivity index (χ0v) is 11.4. The van der Waals surface area contributed by atoms with E-state index in [-0.39, 0.29) is 94.9 Å². The average Bonchev–Trinajstić information content (AvgIpc) is 1.00. The standard InChI is InChI=1S/K.2Mo.S2.H/c;;;1-2;/q+1;;;-2;-1. The molecule has 0 saturated heterocycles. The van der Waals surface area contributed by atoms with Gasteiger partial charge in [-0.2, -0.15) is 0 Å². The van der Waals surface area contributed by atoms with Crippen LogP contribution in [-0.2, 0) is 65.5 Å². The molecule has 5 heavy (non-hydrogen) atoms. The van der Waals surface area contributed by atoms with Gasteiger partial charge >= 0.3 is 51.4 Å². The first-order valence-corrected chi connectivity index (χ1v) is 1.50. The van der Waals surface area contributed by atoms with Crippen LogP contribution in [0.15, 0.2) is 0 Å². The van der Waals surface area contributed by atoms with Gasteiger partial charge in [0.1, 0.15) is 0 Å². The molecule has 0 saturated carbocycles. The first-order chi connectivity index (χ1) is 1.00. The van der Waals surface area contributed by atoms with E-state index < -0.39 is 0 Å². The van der Waals surface area contributed by atoms with Crippen LogP contribution in [0.3, 0.4) is 0 Å². The molecule has 0 radical (unpaired) electrons. The molecule has 0 atom stereocenters. The minimum absolute atomic E-state index is 0. The summed E-state index contributed by atoms with van der Waals surface area (Å²) < 4.78 is 0. The molecular weight excluding hydrogens is 295 g/mol. The molecule has 0 spiro atoms. The fourth-order valence-corrected chi connectivity index (χ4v) is 0. The average molecular weight is 296 g/mol. The van der Waals surface area contributed by atoms with Crippen molar-refractivity contribution in [1.29, 1.82) is 0 Å². The maximum Gasteiger partial charge on any atom is 1.00 e. The summed E-state index contributed by atoms with van der Waals surface area (Å²) in [5.41, 5.74) is 0. The van der Waals surface area contributed by atoms with Gasteiger partial charge in [0.2, 0.25) is 0 Å². The summed E-state index contributed by atoms with van der Waals surface area (Å²) >= 11 is 7.33. The Morgan fingerprint density at radius 2 is 1.00 bits per heavy atom. The Bertz CT molecular complexity index is 11.5. The second-order valence-corrected chi connectivity index (χ2v) is 0. The van der Waals surface area contributed by atoms with Gasteiger partial charge in [0.05, 0.1) is 0 Å². The Balaban J connectivity index is -0.000000000833. The molecule has 0 aromatic rings. The van der Waals surface area contributed by atoms with Crippen molar-refractivity contribution < 1.29 is 94.9 Å². The van der Waals surface area contributed by atoms with Crippen LogP contribution in [0.5, 0.6) is 0 Å². The van der Waals surface area contributed by atoms with E-state index in [2.05, 4.69) is 23.3 Å². The zero-order valence-electron chi connectivity index (χ0n) is 3.63. The van der Waals surface area contributed by atoms with E-state index in [1.807, 2.05) is 0 Å². The van der Waals surface area contributed by atoms with Gasteiger partial charge in [-0.15, -0.1) is 0 Å². The quantitative estimate of drug-likeness (QED) is 0.267. The predicted octanol–water partition coefficient (Wildman–Crippen LogP) is -2.89. The van der Waals surface area contributed by atoms with Crippen LogP contribution in [-0.4, -0.2) is 0 Å². The number of hydrogen-bond donors (Lipinski definition) is 0. The molecule has 0 amide bonds. The van der Waals surface area contributed by atoms with Crippen LogP contribution in [0.2, 0.25) is 0 Å². The van der Waals surface area contributed by atoms with Gasteiger partial charge in [-0.3, -0.25) is 0 Å². The Hall–Kier alpha value is 3.71. The molecule has 0 fully saturated rings. The van der Waals surface area contributed by atoms with Crippen LogP contribution >= 0.6 is 0 Å². The Morgan fingerprint density at radius 1 is 1.00 bits per heavy atom. The van der Waals surface area contributed by atoms with E-state index in [9.17, 15) is 0 Å². The predicted molar refractivity (Wildman–Crippen MR) is 15.8 cm³/mol. The molecule has 0 N–H and O–H groups in total. The van der Waals surface area contributed by atoms with Crippen LogP contribution in [0, 0.1) is 0 Å². The Kier molecular flexibility index (Phi) is 118. The molecular formula is HKMo2S2-2. The SMILES string of the molecule is [H-].[K+].[Mo].[Mo].[S-][S-].